The summed E-state index contributed by atoms with van der Waals surface area (Å²) < 4.78 is 5.86. The Hall–Kier alpha value is -0.900. The van der Waals surface area contributed by atoms with Crippen LogP contribution in [0.3, 0.4) is 0 Å². The van der Waals surface area contributed by atoms with Crippen molar-refractivity contribution in [1.82, 2.24) is 10.2 Å². The largest absolute Gasteiger partial charge is 0.375 e. The van der Waals surface area contributed by atoms with Crippen LogP contribution in [0.1, 0.15) is 25.0 Å². The van der Waals surface area contributed by atoms with Crippen LogP contribution in [-0.4, -0.2) is 38.2 Å². The molecule has 0 spiro atoms. The molecule has 0 aliphatic carbocycles. The molecule has 0 aliphatic heterocycles. The van der Waals surface area contributed by atoms with Gasteiger partial charge in [-0.1, -0.05) is 24.3 Å². The van der Waals surface area contributed by atoms with Crippen LogP contribution >= 0.6 is 0 Å². The zero-order chi connectivity index (χ0) is 13.6. The maximum atomic E-state index is 5.86. The van der Waals surface area contributed by atoms with Gasteiger partial charge in [-0.15, -0.1) is 0 Å². The van der Waals surface area contributed by atoms with Crippen LogP contribution in [-0.2, 0) is 17.9 Å². The quantitative estimate of drug-likeness (QED) is 0.803. The summed E-state index contributed by atoms with van der Waals surface area (Å²) in [7, 11) is 6.13. The molecular formula is C15H26N2O. The van der Waals surface area contributed by atoms with E-state index < -0.39 is 0 Å². The van der Waals surface area contributed by atoms with Gasteiger partial charge in [0.1, 0.15) is 0 Å². The van der Waals surface area contributed by atoms with Crippen LogP contribution in [0.4, 0.5) is 0 Å². The first-order valence-electron chi connectivity index (χ1n) is 6.44. The molecule has 1 aromatic carbocycles. The highest BCUT2D eigenvalue weighted by Crippen LogP contribution is 2.14. The summed E-state index contributed by atoms with van der Waals surface area (Å²) in [6.45, 7) is 6.67. The van der Waals surface area contributed by atoms with Gasteiger partial charge in [-0.2, -0.15) is 0 Å². The Labute approximate surface area is 111 Å². The molecule has 0 aliphatic rings. The van der Waals surface area contributed by atoms with Crippen molar-refractivity contribution in [1.29, 1.82) is 0 Å². The third-order valence-electron chi connectivity index (χ3n) is 3.41. The first-order chi connectivity index (χ1) is 8.47. The summed E-state index contributed by atoms with van der Waals surface area (Å²) in [5.41, 5.74) is 2.64. The minimum absolute atomic E-state index is 0.0674. The SMILES string of the molecule is CNCc1ccccc1COCC(C)(C)N(C)C. The second-order valence-electron chi connectivity index (χ2n) is 5.50. The topological polar surface area (TPSA) is 24.5 Å². The van der Waals surface area contributed by atoms with Gasteiger partial charge in [0.15, 0.2) is 0 Å². The summed E-state index contributed by atoms with van der Waals surface area (Å²) in [5, 5.41) is 3.19. The summed E-state index contributed by atoms with van der Waals surface area (Å²) in [6, 6.07) is 8.41. The molecule has 0 saturated heterocycles. The van der Waals surface area contributed by atoms with Crippen molar-refractivity contribution in [2.75, 3.05) is 27.7 Å². The van der Waals surface area contributed by atoms with E-state index in [-0.39, 0.29) is 5.54 Å². The van der Waals surface area contributed by atoms with E-state index in [0.717, 1.165) is 13.2 Å². The van der Waals surface area contributed by atoms with Crippen molar-refractivity contribution in [3.63, 3.8) is 0 Å². The van der Waals surface area contributed by atoms with Gasteiger partial charge in [0.05, 0.1) is 13.2 Å². The molecule has 102 valence electrons. The van der Waals surface area contributed by atoms with Gasteiger partial charge in [0.2, 0.25) is 0 Å². The monoisotopic (exact) mass is 250 g/mol. The second kappa shape index (κ2) is 6.88. The molecular weight excluding hydrogens is 224 g/mol. The van der Waals surface area contributed by atoms with Crippen molar-refractivity contribution in [3.8, 4) is 0 Å². The molecule has 0 amide bonds. The lowest BCUT2D eigenvalue weighted by Crippen LogP contribution is -2.42. The predicted molar refractivity (Wildman–Crippen MR) is 76.6 cm³/mol. The predicted octanol–water partition coefficient (Wildman–Crippen LogP) is 2.26. The molecule has 1 aromatic rings. The van der Waals surface area contributed by atoms with Gasteiger partial charge in [-0.3, -0.25) is 0 Å². The van der Waals surface area contributed by atoms with Crippen molar-refractivity contribution < 1.29 is 4.74 Å². The minimum atomic E-state index is 0.0674. The van der Waals surface area contributed by atoms with Crippen molar-refractivity contribution in [2.24, 2.45) is 0 Å². The lowest BCUT2D eigenvalue weighted by Gasteiger charge is -2.32. The Balaban J connectivity index is 2.53. The number of hydrogen-bond donors (Lipinski definition) is 1. The highest BCUT2D eigenvalue weighted by molar-refractivity contribution is 5.26. The van der Waals surface area contributed by atoms with Crippen molar-refractivity contribution in [2.45, 2.75) is 32.5 Å². The Kier molecular flexibility index (Phi) is 5.79. The molecule has 1 rings (SSSR count). The van der Waals surface area contributed by atoms with E-state index in [9.17, 15) is 0 Å². The Bertz CT molecular complexity index is 361. The molecule has 0 unspecified atom stereocenters. The molecule has 0 saturated carbocycles. The molecule has 0 fully saturated rings. The minimum Gasteiger partial charge on any atom is -0.375 e. The number of nitrogens with zero attached hydrogens (tertiary/aromatic N) is 1. The highest BCUT2D eigenvalue weighted by Gasteiger charge is 2.20. The smallest absolute Gasteiger partial charge is 0.0720 e. The average molecular weight is 250 g/mol. The maximum Gasteiger partial charge on any atom is 0.0720 e. The number of benzene rings is 1. The summed E-state index contributed by atoms with van der Waals surface area (Å²) in [4.78, 5) is 2.19. The average Bonchev–Trinajstić information content (AvgIpc) is 2.31. The van der Waals surface area contributed by atoms with E-state index in [1.165, 1.54) is 11.1 Å². The van der Waals surface area contributed by atoms with Crippen LogP contribution in [0.2, 0.25) is 0 Å². The molecule has 3 nitrogen and oxygen atoms in total. The zero-order valence-electron chi connectivity index (χ0n) is 12.3. The second-order valence-corrected chi connectivity index (χ2v) is 5.50. The molecule has 1 N–H and O–H groups in total. The third kappa shape index (κ3) is 4.41. The lowest BCUT2D eigenvalue weighted by atomic mass is 10.1. The van der Waals surface area contributed by atoms with E-state index in [1.807, 2.05) is 7.05 Å². The van der Waals surface area contributed by atoms with Crippen LogP contribution in [0.25, 0.3) is 0 Å². The van der Waals surface area contributed by atoms with Gasteiger partial charge in [-0.25, -0.2) is 0 Å². The van der Waals surface area contributed by atoms with Gasteiger partial charge in [-0.05, 0) is 46.1 Å². The summed E-state index contributed by atoms with van der Waals surface area (Å²) >= 11 is 0. The fraction of sp³-hybridized carbons (Fsp3) is 0.600. The summed E-state index contributed by atoms with van der Waals surface area (Å²) in [5.74, 6) is 0. The standard InChI is InChI=1S/C15H26N2O/c1-15(2,17(4)5)12-18-11-14-9-7-6-8-13(14)10-16-3/h6-9,16H,10-12H2,1-5H3. The number of ether oxygens (including phenoxy) is 1. The fourth-order valence-electron chi connectivity index (χ4n) is 1.60. The number of hydrogen-bond acceptors (Lipinski definition) is 3. The number of rotatable bonds is 7. The summed E-state index contributed by atoms with van der Waals surface area (Å²) in [6.07, 6.45) is 0. The zero-order valence-corrected chi connectivity index (χ0v) is 12.3. The molecule has 0 heterocycles. The van der Waals surface area contributed by atoms with E-state index in [4.69, 9.17) is 4.74 Å². The Morgan fingerprint density at radius 2 is 1.78 bits per heavy atom. The van der Waals surface area contributed by atoms with Crippen LogP contribution in [0, 0.1) is 0 Å². The molecule has 3 heteroatoms. The van der Waals surface area contributed by atoms with E-state index >= 15 is 0 Å². The van der Waals surface area contributed by atoms with Gasteiger partial charge >= 0.3 is 0 Å². The van der Waals surface area contributed by atoms with Gasteiger partial charge < -0.3 is 15.0 Å². The van der Waals surface area contributed by atoms with Gasteiger partial charge in [0.25, 0.3) is 0 Å². The van der Waals surface area contributed by atoms with Crippen molar-refractivity contribution in [3.05, 3.63) is 35.4 Å². The van der Waals surface area contributed by atoms with Crippen LogP contribution in [0.15, 0.2) is 24.3 Å². The van der Waals surface area contributed by atoms with E-state index in [2.05, 4.69) is 62.4 Å². The third-order valence-corrected chi connectivity index (χ3v) is 3.41. The molecule has 0 bridgehead atoms. The molecule has 0 aromatic heterocycles. The molecule has 0 atom stereocenters. The van der Waals surface area contributed by atoms with Crippen molar-refractivity contribution >= 4 is 0 Å². The first kappa shape index (κ1) is 15.2. The molecule has 18 heavy (non-hydrogen) atoms. The van der Waals surface area contributed by atoms with Gasteiger partial charge in [0, 0.05) is 12.1 Å². The maximum absolute atomic E-state index is 5.86. The lowest BCUT2D eigenvalue weighted by molar-refractivity contribution is 0.0272. The fourth-order valence-corrected chi connectivity index (χ4v) is 1.60. The Morgan fingerprint density at radius 1 is 1.17 bits per heavy atom. The van der Waals surface area contributed by atoms with E-state index in [1.54, 1.807) is 0 Å². The number of nitrogens with one attached hydrogen (secondary N) is 1. The van der Waals surface area contributed by atoms with Crippen LogP contribution in [0.5, 0.6) is 0 Å². The Morgan fingerprint density at radius 3 is 2.33 bits per heavy atom. The molecule has 0 radical (unpaired) electrons. The van der Waals surface area contributed by atoms with Crippen LogP contribution < -0.4 is 5.32 Å². The first-order valence-corrected chi connectivity index (χ1v) is 6.44. The normalized spacial score (nSPS) is 12.1. The number of likely N-dealkylation sites (N-methyl/N-ethyl adjacent to an activating group) is 1. The highest BCUT2D eigenvalue weighted by atomic mass is 16.5. The van der Waals surface area contributed by atoms with E-state index in [0.29, 0.717) is 6.61 Å².